The first-order valence-corrected chi connectivity index (χ1v) is 8.90. The van der Waals surface area contributed by atoms with Crippen LogP contribution in [0.1, 0.15) is 63.5 Å². The molecule has 3 rings (SSSR count). The Bertz CT molecular complexity index is 727. The van der Waals surface area contributed by atoms with E-state index in [1.165, 1.54) is 22.9 Å². The van der Waals surface area contributed by atoms with Crippen molar-refractivity contribution < 1.29 is 9.53 Å². The maximum atomic E-state index is 12.2. The summed E-state index contributed by atoms with van der Waals surface area (Å²) in [5, 5.41) is 4.39. The molecule has 0 aliphatic heterocycles. The zero-order valence-corrected chi connectivity index (χ0v) is 15.1. The van der Waals surface area contributed by atoms with Gasteiger partial charge in [-0.15, -0.1) is 0 Å². The van der Waals surface area contributed by atoms with E-state index < -0.39 is 5.60 Å². The molecule has 0 unspecified atom stereocenters. The molecule has 1 saturated carbocycles. The van der Waals surface area contributed by atoms with E-state index in [1.54, 1.807) is 0 Å². The monoisotopic (exact) mass is 328 g/mol. The fourth-order valence-electron chi connectivity index (χ4n) is 3.70. The summed E-state index contributed by atoms with van der Waals surface area (Å²) in [6.07, 6.45) is 6.26. The number of carbonyl (C=O) groups is 1. The third-order valence-corrected chi connectivity index (χ3v) is 4.74. The molecule has 1 heterocycles. The third kappa shape index (κ3) is 3.74. The number of H-pyrrole nitrogens is 1. The normalized spacial score (nSPS) is 21.7. The molecule has 0 bridgehead atoms. The lowest BCUT2D eigenvalue weighted by Crippen LogP contribution is -2.43. The van der Waals surface area contributed by atoms with Crippen LogP contribution in [0.15, 0.2) is 24.4 Å². The van der Waals surface area contributed by atoms with Crippen LogP contribution >= 0.6 is 0 Å². The van der Waals surface area contributed by atoms with Crippen molar-refractivity contribution in [2.75, 3.05) is 0 Å². The molecule has 1 fully saturated rings. The minimum atomic E-state index is -0.466. The van der Waals surface area contributed by atoms with Gasteiger partial charge in [-0.1, -0.05) is 24.5 Å². The molecule has 2 N–H and O–H groups in total. The number of alkyl carbamates (subject to hydrolysis) is 1. The van der Waals surface area contributed by atoms with Crippen molar-refractivity contribution in [1.82, 2.24) is 10.3 Å². The summed E-state index contributed by atoms with van der Waals surface area (Å²) in [6, 6.07) is 6.63. The van der Waals surface area contributed by atoms with Crippen LogP contribution in [-0.2, 0) is 4.74 Å². The highest BCUT2D eigenvalue weighted by Crippen LogP contribution is 2.37. The van der Waals surface area contributed by atoms with Crippen LogP contribution in [0, 0.1) is 6.92 Å². The number of aromatic amines is 1. The van der Waals surface area contributed by atoms with E-state index in [1.807, 2.05) is 20.8 Å². The van der Waals surface area contributed by atoms with E-state index in [4.69, 9.17) is 4.74 Å². The Morgan fingerprint density at radius 3 is 2.75 bits per heavy atom. The van der Waals surface area contributed by atoms with Crippen molar-refractivity contribution in [2.24, 2.45) is 0 Å². The average Bonchev–Trinajstić information content (AvgIpc) is 2.88. The molecule has 1 aliphatic rings. The first-order chi connectivity index (χ1) is 11.3. The van der Waals surface area contributed by atoms with Crippen LogP contribution in [0.2, 0.25) is 0 Å². The lowest BCUT2D eigenvalue weighted by Gasteiger charge is -2.33. The average molecular weight is 328 g/mol. The second-order valence-corrected chi connectivity index (χ2v) is 7.94. The van der Waals surface area contributed by atoms with Crippen LogP contribution < -0.4 is 5.32 Å². The van der Waals surface area contributed by atoms with E-state index >= 15 is 0 Å². The zero-order chi connectivity index (χ0) is 17.3. The van der Waals surface area contributed by atoms with Gasteiger partial charge in [-0.3, -0.25) is 0 Å². The largest absolute Gasteiger partial charge is 0.444 e. The van der Waals surface area contributed by atoms with Gasteiger partial charge in [0.1, 0.15) is 5.60 Å². The lowest BCUT2D eigenvalue weighted by molar-refractivity contribution is 0.0485. The number of hydrogen-bond acceptors (Lipinski definition) is 2. The summed E-state index contributed by atoms with van der Waals surface area (Å²) in [7, 11) is 0. The first kappa shape index (κ1) is 16.9. The van der Waals surface area contributed by atoms with Crippen molar-refractivity contribution in [2.45, 2.75) is 70.9 Å². The molecule has 0 spiro atoms. The van der Waals surface area contributed by atoms with Crippen molar-refractivity contribution in [3.63, 3.8) is 0 Å². The zero-order valence-electron chi connectivity index (χ0n) is 15.1. The molecule has 2 atom stereocenters. The van der Waals surface area contributed by atoms with E-state index in [0.29, 0.717) is 5.92 Å². The summed E-state index contributed by atoms with van der Waals surface area (Å²) in [6.45, 7) is 7.81. The summed E-state index contributed by atoms with van der Waals surface area (Å²) >= 11 is 0. The van der Waals surface area contributed by atoms with Gasteiger partial charge >= 0.3 is 6.09 Å². The van der Waals surface area contributed by atoms with Gasteiger partial charge in [-0.2, -0.15) is 0 Å². The Kier molecular flexibility index (Phi) is 4.57. The number of ether oxygens (including phenoxy) is 1. The molecule has 2 aromatic rings. The molecule has 24 heavy (non-hydrogen) atoms. The Hall–Kier alpha value is -1.97. The van der Waals surface area contributed by atoms with Crippen LogP contribution in [-0.4, -0.2) is 22.7 Å². The Balaban J connectivity index is 1.83. The van der Waals surface area contributed by atoms with E-state index in [-0.39, 0.29) is 12.1 Å². The van der Waals surface area contributed by atoms with E-state index in [0.717, 1.165) is 24.8 Å². The standard InChI is InChI=1S/C20H28N2O2/c1-13-9-10-17-15(11-13)16(12-21-17)14-7-5-6-8-18(14)22-19(23)24-20(2,3)4/h9-12,14,18,21H,5-8H2,1-4H3,(H,22,23)/t14-,18+/m1/s1. The highest BCUT2D eigenvalue weighted by molar-refractivity contribution is 5.84. The number of aromatic nitrogens is 1. The second-order valence-electron chi connectivity index (χ2n) is 7.94. The molecule has 0 saturated heterocycles. The molecule has 1 aliphatic carbocycles. The molecule has 1 aromatic heterocycles. The molecule has 1 amide bonds. The SMILES string of the molecule is Cc1ccc2[nH]cc([C@H]3CCCC[C@@H]3NC(=O)OC(C)(C)C)c2c1. The van der Waals surface area contributed by atoms with Gasteiger partial charge < -0.3 is 15.0 Å². The van der Waals surface area contributed by atoms with Crippen LogP contribution in [0.3, 0.4) is 0 Å². The quantitative estimate of drug-likeness (QED) is 0.812. The van der Waals surface area contributed by atoms with Crippen molar-refractivity contribution in [1.29, 1.82) is 0 Å². The maximum absolute atomic E-state index is 12.2. The summed E-state index contributed by atoms with van der Waals surface area (Å²) in [4.78, 5) is 15.6. The number of hydrogen-bond donors (Lipinski definition) is 2. The van der Waals surface area contributed by atoms with Crippen molar-refractivity contribution in [3.8, 4) is 0 Å². The molecule has 1 aromatic carbocycles. The molecule has 0 radical (unpaired) electrons. The topological polar surface area (TPSA) is 54.1 Å². The summed E-state index contributed by atoms with van der Waals surface area (Å²) in [5.74, 6) is 0.335. The number of amides is 1. The summed E-state index contributed by atoms with van der Waals surface area (Å²) < 4.78 is 5.45. The number of fused-ring (bicyclic) bond motifs is 1. The second kappa shape index (κ2) is 6.50. The minimum Gasteiger partial charge on any atom is -0.444 e. The first-order valence-electron chi connectivity index (χ1n) is 8.90. The van der Waals surface area contributed by atoms with Gasteiger partial charge in [0.2, 0.25) is 0 Å². The fourth-order valence-corrected chi connectivity index (χ4v) is 3.70. The van der Waals surface area contributed by atoms with Gasteiger partial charge in [-0.25, -0.2) is 4.79 Å². The number of carbonyl (C=O) groups excluding carboxylic acids is 1. The molecule has 4 nitrogen and oxygen atoms in total. The predicted octanol–water partition coefficient (Wildman–Crippen LogP) is 5.03. The lowest BCUT2D eigenvalue weighted by atomic mass is 9.80. The highest BCUT2D eigenvalue weighted by atomic mass is 16.6. The third-order valence-electron chi connectivity index (χ3n) is 4.74. The molecule has 130 valence electrons. The molecular weight excluding hydrogens is 300 g/mol. The van der Waals surface area contributed by atoms with Crippen LogP contribution in [0.5, 0.6) is 0 Å². The number of rotatable bonds is 2. The van der Waals surface area contributed by atoms with Gasteiger partial charge in [0.15, 0.2) is 0 Å². The predicted molar refractivity (Wildman–Crippen MR) is 97.4 cm³/mol. The maximum Gasteiger partial charge on any atom is 0.407 e. The van der Waals surface area contributed by atoms with Crippen LogP contribution in [0.25, 0.3) is 10.9 Å². The Morgan fingerprint density at radius 2 is 2.00 bits per heavy atom. The fraction of sp³-hybridized carbons (Fsp3) is 0.550. The van der Waals surface area contributed by atoms with Gasteiger partial charge in [-0.05, 0) is 58.2 Å². The Labute approximate surface area is 144 Å². The van der Waals surface area contributed by atoms with Crippen molar-refractivity contribution in [3.05, 3.63) is 35.5 Å². The smallest absolute Gasteiger partial charge is 0.407 e. The van der Waals surface area contributed by atoms with Gasteiger partial charge in [0, 0.05) is 29.1 Å². The summed E-state index contributed by atoms with van der Waals surface area (Å²) in [5.41, 5.74) is 3.27. The number of nitrogens with one attached hydrogen (secondary N) is 2. The Morgan fingerprint density at radius 1 is 1.25 bits per heavy atom. The molecular formula is C20H28N2O2. The number of aryl methyl sites for hydroxylation is 1. The van der Waals surface area contributed by atoms with Crippen molar-refractivity contribution >= 4 is 17.0 Å². The van der Waals surface area contributed by atoms with E-state index in [9.17, 15) is 4.79 Å². The highest BCUT2D eigenvalue weighted by Gasteiger charge is 2.30. The van der Waals surface area contributed by atoms with E-state index in [2.05, 4.69) is 41.6 Å². The van der Waals surface area contributed by atoms with Gasteiger partial charge in [0.25, 0.3) is 0 Å². The van der Waals surface area contributed by atoms with Gasteiger partial charge in [0.05, 0.1) is 0 Å². The number of benzene rings is 1. The minimum absolute atomic E-state index is 0.133. The molecule has 4 heteroatoms. The van der Waals surface area contributed by atoms with Crippen LogP contribution in [0.4, 0.5) is 4.79 Å².